The summed E-state index contributed by atoms with van der Waals surface area (Å²) in [4.78, 5) is 19.6. The van der Waals surface area contributed by atoms with E-state index in [4.69, 9.17) is 9.47 Å². The molecule has 0 bridgehead atoms. The second kappa shape index (κ2) is 8.65. The molecule has 1 saturated carbocycles. The van der Waals surface area contributed by atoms with Crippen LogP contribution in [-0.2, 0) is 11.3 Å². The highest BCUT2D eigenvalue weighted by molar-refractivity contribution is 8.15. The van der Waals surface area contributed by atoms with Crippen LogP contribution in [0.2, 0.25) is 0 Å². The molecule has 32 heavy (non-hydrogen) atoms. The highest BCUT2D eigenvalue weighted by Gasteiger charge is 2.50. The van der Waals surface area contributed by atoms with Crippen molar-refractivity contribution < 1.29 is 24.5 Å². The Morgan fingerprint density at radius 3 is 2.78 bits per heavy atom. The van der Waals surface area contributed by atoms with Gasteiger partial charge in [-0.1, -0.05) is 42.1 Å². The van der Waals surface area contributed by atoms with Crippen molar-refractivity contribution >= 4 is 28.5 Å². The first-order valence-corrected chi connectivity index (χ1v) is 11.4. The Labute approximate surface area is 190 Å². The maximum atomic E-state index is 13.3. The molecule has 0 radical (unpaired) electrons. The van der Waals surface area contributed by atoms with Crippen molar-refractivity contribution in [2.24, 2.45) is 10.9 Å². The molecule has 5 atom stereocenters. The molecule has 168 valence electrons. The zero-order valence-corrected chi connectivity index (χ0v) is 18.4. The maximum Gasteiger partial charge on any atom is 0.231 e. The lowest BCUT2D eigenvalue weighted by Gasteiger charge is -2.38. The largest absolute Gasteiger partial charge is 0.454 e. The van der Waals surface area contributed by atoms with Gasteiger partial charge in [0.15, 0.2) is 16.7 Å². The number of aliphatic hydroxyl groups excluding tert-OH is 2. The van der Waals surface area contributed by atoms with Gasteiger partial charge in [0.1, 0.15) is 6.10 Å². The molecule has 9 heteroatoms. The van der Waals surface area contributed by atoms with Crippen molar-refractivity contribution in [1.82, 2.24) is 4.90 Å². The number of aliphatic imine (C=N–C) groups is 1. The highest BCUT2D eigenvalue weighted by atomic mass is 32.2. The van der Waals surface area contributed by atoms with Crippen LogP contribution in [0.15, 0.2) is 53.5 Å². The summed E-state index contributed by atoms with van der Waals surface area (Å²) in [7, 11) is 1.77. The summed E-state index contributed by atoms with van der Waals surface area (Å²) in [6.07, 6.45) is -1.79. The number of nitrogens with zero attached hydrogens (tertiary/aromatic N) is 2. The summed E-state index contributed by atoms with van der Waals surface area (Å²) < 4.78 is 10.8. The van der Waals surface area contributed by atoms with Gasteiger partial charge in [-0.05, 0) is 24.1 Å². The predicted molar refractivity (Wildman–Crippen MR) is 122 cm³/mol. The number of fused-ring (bicyclic) bond motifs is 2. The summed E-state index contributed by atoms with van der Waals surface area (Å²) in [6, 6.07) is 14.7. The lowest BCUT2D eigenvalue weighted by atomic mass is 9.80. The van der Waals surface area contributed by atoms with Crippen LogP contribution in [0.1, 0.15) is 12.0 Å². The van der Waals surface area contributed by atoms with Crippen molar-refractivity contribution in [3.8, 4) is 11.5 Å². The van der Waals surface area contributed by atoms with Crippen LogP contribution >= 0.6 is 11.8 Å². The Hall–Kier alpha value is -2.75. The standard InChI is InChI=1S/C23H25N3O5S/c1-26(11-13-5-3-2-4-6-13)22(29)15-10-16(27)20(28)19-21(15)32-23(25-19)24-14-7-8-17-18(9-14)31-12-30-17/h2-9,15-16,19-21,27-28H,10-12H2,1H3,(H,24,25)/t15-,16+,19-,20-,21+/m0/s1. The minimum absolute atomic E-state index is 0.0539. The van der Waals surface area contributed by atoms with Gasteiger partial charge in [0.25, 0.3) is 0 Å². The number of amidine groups is 1. The summed E-state index contributed by atoms with van der Waals surface area (Å²) in [6.45, 7) is 0.684. The van der Waals surface area contributed by atoms with E-state index in [9.17, 15) is 15.0 Å². The Morgan fingerprint density at radius 2 is 1.97 bits per heavy atom. The molecule has 2 aromatic rings. The van der Waals surface area contributed by atoms with E-state index in [2.05, 4.69) is 10.3 Å². The fraction of sp³-hybridized carbons (Fsp3) is 0.391. The fourth-order valence-electron chi connectivity index (χ4n) is 4.41. The second-order valence-electron chi connectivity index (χ2n) is 8.28. The number of thioether (sulfide) groups is 1. The quantitative estimate of drug-likeness (QED) is 0.648. The van der Waals surface area contributed by atoms with Crippen molar-refractivity contribution in [3.05, 3.63) is 54.1 Å². The van der Waals surface area contributed by atoms with Crippen molar-refractivity contribution in [3.63, 3.8) is 0 Å². The van der Waals surface area contributed by atoms with Crippen LogP contribution in [0.3, 0.4) is 0 Å². The van der Waals surface area contributed by atoms with Gasteiger partial charge >= 0.3 is 0 Å². The molecule has 2 aliphatic heterocycles. The van der Waals surface area contributed by atoms with Gasteiger partial charge in [0.05, 0.1) is 18.1 Å². The minimum atomic E-state index is -1.01. The van der Waals surface area contributed by atoms with E-state index in [0.29, 0.717) is 23.2 Å². The van der Waals surface area contributed by atoms with E-state index >= 15 is 0 Å². The Balaban J connectivity index is 1.31. The summed E-state index contributed by atoms with van der Waals surface area (Å²) >= 11 is 1.44. The lowest BCUT2D eigenvalue weighted by Crippen LogP contribution is -2.54. The number of benzene rings is 2. The van der Waals surface area contributed by atoms with Gasteiger partial charge in [-0.25, -0.2) is 0 Å². The van der Waals surface area contributed by atoms with Gasteiger partial charge < -0.3 is 29.9 Å². The smallest absolute Gasteiger partial charge is 0.231 e. The van der Waals surface area contributed by atoms with E-state index in [0.717, 1.165) is 11.3 Å². The molecule has 1 amide bonds. The van der Waals surface area contributed by atoms with Crippen LogP contribution in [0.5, 0.6) is 11.5 Å². The number of hydrogen-bond donors (Lipinski definition) is 3. The highest BCUT2D eigenvalue weighted by Crippen LogP contribution is 2.42. The van der Waals surface area contributed by atoms with E-state index < -0.39 is 24.2 Å². The Kier molecular flexibility index (Phi) is 5.71. The predicted octanol–water partition coefficient (Wildman–Crippen LogP) is 2.07. The van der Waals surface area contributed by atoms with E-state index in [1.54, 1.807) is 11.9 Å². The van der Waals surface area contributed by atoms with Gasteiger partial charge in [0.2, 0.25) is 12.7 Å². The molecule has 1 fully saturated rings. The third kappa shape index (κ3) is 4.03. The zero-order valence-electron chi connectivity index (χ0n) is 17.5. The molecule has 0 unspecified atom stereocenters. The van der Waals surface area contributed by atoms with Crippen LogP contribution in [0, 0.1) is 5.92 Å². The molecule has 0 saturated heterocycles. The molecule has 1 aliphatic carbocycles. The fourth-order valence-corrected chi connectivity index (χ4v) is 5.78. The minimum Gasteiger partial charge on any atom is -0.454 e. The molecule has 2 aromatic carbocycles. The number of nitrogens with one attached hydrogen (secondary N) is 1. The summed E-state index contributed by atoms with van der Waals surface area (Å²) in [5.74, 6) is 0.844. The second-order valence-corrected chi connectivity index (χ2v) is 9.45. The average molecular weight is 456 g/mol. The molecule has 0 aromatic heterocycles. The Morgan fingerprint density at radius 1 is 1.19 bits per heavy atom. The topological polar surface area (TPSA) is 104 Å². The van der Waals surface area contributed by atoms with Gasteiger partial charge in [0, 0.05) is 30.6 Å². The van der Waals surface area contributed by atoms with Gasteiger partial charge in [-0.3, -0.25) is 9.79 Å². The van der Waals surface area contributed by atoms with Crippen molar-refractivity contribution in [1.29, 1.82) is 0 Å². The number of anilines is 1. The monoisotopic (exact) mass is 455 g/mol. The Bertz CT molecular complexity index is 1030. The molecular weight excluding hydrogens is 430 g/mol. The van der Waals surface area contributed by atoms with Crippen LogP contribution < -0.4 is 14.8 Å². The first-order valence-electron chi connectivity index (χ1n) is 10.6. The number of aliphatic hydroxyl groups is 2. The van der Waals surface area contributed by atoms with Crippen LogP contribution in [0.25, 0.3) is 0 Å². The molecule has 5 rings (SSSR count). The third-order valence-corrected chi connectivity index (χ3v) is 7.38. The molecule has 3 N–H and O–H groups in total. The average Bonchev–Trinajstić information content (AvgIpc) is 3.43. The molecule has 0 spiro atoms. The van der Waals surface area contributed by atoms with Crippen LogP contribution in [0.4, 0.5) is 5.69 Å². The van der Waals surface area contributed by atoms with Crippen molar-refractivity contribution in [2.75, 3.05) is 19.2 Å². The summed E-state index contributed by atoms with van der Waals surface area (Å²) in [5, 5.41) is 24.6. The first-order chi connectivity index (χ1) is 15.5. The number of rotatable bonds is 4. The van der Waals surface area contributed by atoms with Gasteiger partial charge in [-0.2, -0.15) is 0 Å². The molecule has 3 aliphatic rings. The van der Waals surface area contributed by atoms with Crippen LogP contribution in [-0.4, -0.2) is 63.5 Å². The maximum absolute atomic E-state index is 13.3. The zero-order chi connectivity index (χ0) is 22.2. The molecule has 2 heterocycles. The summed E-state index contributed by atoms with van der Waals surface area (Å²) in [5.41, 5.74) is 1.81. The molecule has 8 nitrogen and oxygen atoms in total. The van der Waals surface area contributed by atoms with E-state index in [1.807, 2.05) is 48.5 Å². The number of ether oxygens (including phenoxy) is 2. The number of carbonyl (C=O) groups is 1. The van der Waals surface area contributed by atoms with E-state index in [-0.39, 0.29) is 24.4 Å². The first kappa shape index (κ1) is 21.1. The number of carbonyl (C=O) groups excluding carboxylic acids is 1. The lowest BCUT2D eigenvalue weighted by molar-refractivity contribution is -0.139. The number of hydrogen-bond acceptors (Lipinski definition) is 8. The van der Waals surface area contributed by atoms with E-state index in [1.165, 1.54) is 11.8 Å². The van der Waals surface area contributed by atoms with Gasteiger partial charge in [-0.15, -0.1) is 0 Å². The SMILES string of the molecule is CN(Cc1ccccc1)C(=O)[C@H]1C[C@@H](O)[C@H](O)[C@@H]2N=C(Nc3ccc4c(c3)OCO4)S[C@@H]21. The van der Waals surface area contributed by atoms with Crippen molar-refractivity contribution in [2.45, 2.75) is 36.5 Å². The third-order valence-electron chi connectivity index (χ3n) is 6.07. The number of amides is 1. The normalized spacial score (nSPS) is 28.1. The molecular formula is C23H25N3O5S.